The molecule has 4 unspecified atom stereocenters. The minimum atomic E-state index is -1.06. The third-order valence-corrected chi connectivity index (χ3v) is 9.64. The Balaban J connectivity index is 0.000000438. The van der Waals surface area contributed by atoms with Gasteiger partial charge in [-0.25, -0.2) is 4.98 Å². The molecule has 0 bridgehead atoms. The first kappa shape index (κ1) is 29.8. The lowest BCUT2D eigenvalue weighted by Gasteiger charge is -2.44. The van der Waals surface area contributed by atoms with Gasteiger partial charge in [0.1, 0.15) is 11.9 Å². The highest BCUT2D eigenvalue weighted by Crippen LogP contribution is 2.42. The van der Waals surface area contributed by atoms with Gasteiger partial charge >= 0.3 is 0 Å². The van der Waals surface area contributed by atoms with Crippen LogP contribution in [0.15, 0.2) is 67.0 Å². The van der Waals surface area contributed by atoms with Gasteiger partial charge in [0.25, 0.3) is 5.91 Å². The first-order valence-electron chi connectivity index (χ1n) is 13.3. The Morgan fingerprint density at radius 2 is 1.69 bits per heavy atom. The van der Waals surface area contributed by atoms with Gasteiger partial charge in [0.15, 0.2) is 0 Å². The van der Waals surface area contributed by atoms with Crippen LogP contribution in [-0.4, -0.2) is 53.8 Å². The van der Waals surface area contributed by atoms with E-state index in [9.17, 15) is 9.00 Å². The standard InChI is InChI=1S/C24H32ClN3O3S.C6H5Cl/c1-24(2,3)32(30)15-20(17-5-6-17)28-19(16-7-9-18(25)10-8-16)14-31-21(23(28)29)13-22-26-11-12-27(22)4;7-6-4-2-1-3-5-6/h7-12,17,19-21H,5-6,13-15H2,1-4H3;1-5H. The van der Waals surface area contributed by atoms with Crippen molar-refractivity contribution in [3.05, 3.63) is 88.4 Å². The highest BCUT2D eigenvalue weighted by atomic mass is 35.5. The van der Waals surface area contributed by atoms with Gasteiger partial charge in [-0.05, 0) is 69.4 Å². The molecule has 6 nitrogen and oxygen atoms in total. The molecule has 1 aliphatic carbocycles. The molecule has 5 rings (SSSR count). The number of benzene rings is 2. The first-order valence-corrected chi connectivity index (χ1v) is 15.4. The average Bonchev–Trinajstić information content (AvgIpc) is 3.66. The Bertz CT molecular complexity index is 1260. The quantitative estimate of drug-likeness (QED) is 0.326. The molecule has 2 heterocycles. The van der Waals surface area contributed by atoms with Crippen LogP contribution in [0.1, 0.15) is 51.0 Å². The maximum Gasteiger partial charge on any atom is 0.253 e. The molecule has 2 aliphatic rings. The lowest BCUT2D eigenvalue weighted by atomic mass is 9.98. The minimum absolute atomic E-state index is 0.0398. The largest absolute Gasteiger partial charge is 0.365 e. The normalized spacial score (nSPS) is 21.2. The van der Waals surface area contributed by atoms with E-state index >= 15 is 0 Å². The zero-order chi connectivity index (χ0) is 28.2. The summed E-state index contributed by atoms with van der Waals surface area (Å²) in [6, 6.07) is 16.8. The zero-order valence-electron chi connectivity index (χ0n) is 22.9. The Kier molecular flexibility index (Phi) is 9.92. The number of carbonyl (C=O) groups excluding carboxylic acids is 1. The Labute approximate surface area is 244 Å². The molecule has 1 aromatic heterocycles. The summed E-state index contributed by atoms with van der Waals surface area (Å²) < 4.78 is 20.8. The number of carbonyl (C=O) groups is 1. The second-order valence-electron chi connectivity index (χ2n) is 11.1. The van der Waals surface area contributed by atoms with Crippen molar-refractivity contribution < 1.29 is 13.7 Å². The second-order valence-corrected chi connectivity index (χ2v) is 14.2. The summed E-state index contributed by atoms with van der Waals surface area (Å²) in [4.78, 5) is 20.2. The van der Waals surface area contributed by atoms with Gasteiger partial charge in [-0.3, -0.25) is 9.00 Å². The predicted octanol–water partition coefficient (Wildman–Crippen LogP) is 6.25. The molecule has 0 spiro atoms. The van der Waals surface area contributed by atoms with E-state index < -0.39 is 16.9 Å². The third kappa shape index (κ3) is 7.94. The molecule has 1 saturated heterocycles. The lowest BCUT2D eigenvalue weighted by molar-refractivity contribution is -0.164. The van der Waals surface area contributed by atoms with Crippen LogP contribution >= 0.6 is 23.2 Å². The van der Waals surface area contributed by atoms with E-state index in [4.69, 9.17) is 27.9 Å². The number of hydrogen-bond acceptors (Lipinski definition) is 4. The summed E-state index contributed by atoms with van der Waals surface area (Å²) in [6.07, 6.45) is 5.56. The average molecular weight is 591 g/mol. The van der Waals surface area contributed by atoms with Gasteiger partial charge in [0.05, 0.1) is 12.6 Å². The van der Waals surface area contributed by atoms with E-state index in [2.05, 4.69) is 4.98 Å². The number of ether oxygens (including phenoxy) is 1. The molecule has 39 heavy (non-hydrogen) atoms. The van der Waals surface area contributed by atoms with Gasteiger partial charge < -0.3 is 14.2 Å². The number of morpholine rings is 1. The SMILES string of the molecule is Clc1ccccc1.Cn1ccnc1CC1OCC(c2ccc(Cl)cc2)N(C(CS(=O)C(C)(C)C)C2CC2)C1=O. The van der Waals surface area contributed by atoms with Crippen LogP contribution in [-0.2, 0) is 33.8 Å². The number of aryl methyl sites for hydroxylation is 1. The molecule has 4 atom stereocenters. The van der Waals surface area contributed by atoms with Crippen molar-refractivity contribution in [3.8, 4) is 0 Å². The van der Waals surface area contributed by atoms with Gasteiger partial charge in [-0.2, -0.15) is 0 Å². The fraction of sp³-hybridized carbons (Fsp3) is 0.467. The number of rotatable bonds is 7. The van der Waals surface area contributed by atoms with Crippen molar-refractivity contribution in [1.82, 2.24) is 14.5 Å². The number of hydrogen-bond donors (Lipinski definition) is 0. The number of amides is 1. The van der Waals surface area contributed by atoms with Crippen molar-refractivity contribution in [2.75, 3.05) is 12.4 Å². The summed E-state index contributed by atoms with van der Waals surface area (Å²) in [5.74, 6) is 1.64. The summed E-state index contributed by atoms with van der Waals surface area (Å²) in [7, 11) is 0.862. The minimum Gasteiger partial charge on any atom is -0.365 e. The molecular formula is C30H37Cl2N3O3S. The van der Waals surface area contributed by atoms with Gasteiger partial charge in [-0.1, -0.05) is 53.5 Å². The van der Waals surface area contributed by atoms with Crippen LogP contribution in [0.3, 0.4) is 0 Å². The summed E-state index contributed by atoms with van der Waals surface area (Å²) >= 11 is 11.7. The smallest absolute Gasteiger partial charge is 0.253 e. The van der Waals surface area contributed by atoms with Gasteiger partial charge in [0, 0.05) is 63.2 Å². The van der Waals surface area contributed by atoms with Crippen LogP contribution in [0.4, 0.5) is 0 Å². The predicted molar refractivity (Wildman–Crippen MR) is 158 cm³/mol. The van der Waals surface area contributed by atoms with Crippen molar-refractivity contribution in [2.24, 2.45) is 13.0 Å². The van der Waals surface area contributed by atoms with E-state index in [1.807, 2.05) is 98.1 Å². The molecule has 1 amide bonds. The van der Waals surface area contributed by atoms with Crippen LogP contribution in [0, 0.1) is 5.92 Å². The third-order valence-electron chi connectivity index (χ3n) is 7.13. The van der Waals surface area contributed by atoms with Crippen LogP contribution in [0.25, 0.3) is 0 Å². The molecule has 0 N–H and O–H groups in total. The summed E-state index contributed by atoms with van der Waals surface area (Å²) in [5, 5.41) is 1.45. The topological polar surface area (TPSA) is 64.4 Å². The highest BCUT2D eigenvalue weighted by Gasteiger charge is 2.47. The van der Waals surface area contributed by atoms with Crippen molar-refractivity contribution >= 4 is 39.9 Å². The molecule has 1 saturated carbocycles. The molecule has 9 heteroatoms. The Morgan fingerprint density at radius 3 is 2.21 bits per heavy atom. The number of imidazole rings is 1. The maximum atomic E-state index is 13.9. The fourth-order valence-corrected chi connectivity index (χ4v) is 6.18. The molecule has 1 aliphatic heterocycles. The Hall–Kier alpha value is -2.19. The van der Waals surface area contributed by atoms with Crippen LogP contribution in [0.5, 0.6) is 0 Å². The zero-order valence-corrected chi connectivity index (χ0v) is 25.3. The summed E-state index contributed by atoms with van der Waals surface area (Å²) in [6.45, 7) is 6.38. The van der Waals surface area contributed by atoms with Crippen molar-refractivity contribution in [1.29, 1.82) is 0 Å². The first-order chi connectivity index (χ1) is 18.5. The van der Waals surface area contributed by atoms with E-state index in [1.165, 1.54) is 0 Å². The van der Waals surface area contributed by atoms with E-state index in [1.54, 1.807) is 6.20 Å². The molecular weight excluding hydrogens is 553 g/mol. The molecule has 0 radical (unpaired) electrons. The fourth-order valence-electron chi connectivity index (χ4n) is 4.66. The van der Waals surface area contributed by atoms with E-state index in [0.29, 0.717) is 29.7 Å². The Morgan fingerprint density at radius 1 is 1.05 bits per heavy atom. The second kappa shape index (κ2) is 13.0. The highest BCUT2D eigenvalue weighted by molar-refractivity contribution is 7.86. The molecule has 3 aromatic rings. The molecule has 210 valence electrons. The summed E-state index contributed by atoms with van der Waals surface area (Å²) in [5.41, 5.74) is 0.991. The van der Waals surface area contributed by atoms with E-state index in [0.717, 1.165) is 29.3 Å². The monoisotopic (exact) mass is 589 g/mol. The van der Waals surface area contributed by atoms with E-state index in [-0.39, 0.29) is 22.7 Å². The van der Waals surface area contributed by atoms with Crippen LogP contribution in [0.2, 0.25) is 10.0 Å². The molecule has 2 fully saturated rings. The lowest BCUT2D eigenvalue weighted by Crippen LogP contribution is -2.57. The molecule has 2 aromatic carbocycles. The van der Waals surface area contributed by atoms with Crippen molar-refractivity contribution in [2.45, 2.75) is 63.0 Å². The van der Waals surface area contributed by atoms with Crippen molar-refractivity contribution in [3.63, 3.8) is 0 Å². The van der Waals surface area contributed by atoms with Crippen LogP contribution < -0.4 is 0 Å². The number of halogens is 2. The number of nitrogens with zero attached hydrogens (tertiary/aromatic N) is 3. The van der Waals surface area contributed by atoms with Gasteiger partial charge in [-0.15, -0.1) is 0 Å². The van der Waals surface area contributed by atoms with Gasteiger partial charge in [0.2, 0.25) is 0 Å². The maximum absolute atomic E-state index is 13.9. The number of aromatic nitrogens is 2.